The first-order chi connectivity index (χ1) is 13.0. The lowest BCUT2D eigenvalue weighted by Gasteiger charge is -2.37. The van der Waals surface area contributed by atoms with Gasteiger partial charge in [0.2, 0.25) is 0 Å². The van der Waals surface area contributed by atoms with Gasteiger partial charge in [0.25, 0.3) is 0 Å². The molecule has 2 aliphatic rings. The zero-order valence-electron chi connectivity index (χ0n) is 15.8. The molecule has 0 aliphatic carbocycles. The topological polar surface area (TPSA) is 61.9 Å². The maximum Gasteiger partial charge on any atom is 0.338 e. The van der Waals surface area contributed by atoms with Crippen molar-refractivity contribution >= 4 is 12.0 Å². The zero-order valence-corrected chi connectivity index (χ0v) is 15.8. The fourth-order valence-electron chi connectivity index (χ4n) is 3.63. The summed E-state index contributed by atoms with van der Waals surface area (Å²) in [5.41, 5.74) is 1.71. The first kappa shape index (κ1) is 19.4. The van der Waals surface area contributed by atoms with E-state index >= 15 is 0 Å². The molecule has 0 radical (unpaired) electrons. The fourth-order valence-corrected chi connectivity index (χ4v) is 3.63. The number of urea groups is 1. The fraction of sp³-hybridized carbons (Fsp3) is 0.500. The number of esters is 1. The van der Waals surface area contributed by atoms with Crippen LogP contribution >= 0.6 is 0 Å². The van der Waals surface area contributed by atoms with Gasteiger partial charge in [0, 0.05) is 19.3 Å². The van der Waals surface area contributed by atoms with E-state index in [1.165, 1.54) is 23.5 Å². The molecule has 2 amide bonds. The van der Waals surface area contributed by atoms with E-state index in [9.17, 15) is 14.0 Å². The highest BCUT2D eigenvalue weighted by Gasteiger charge is 2.37. The minimum atomic E-state index is -0.659. The highest BCUT2D eigenvalue weighted by molar-refractivity contribution is 5.95. The Balaban J connectivity index is 2.03. The van der Waals surface area contributed by atoms with Crippen LogP contribution in [0.3, 0.4) is 0 Å². The lowest BCUT2D eigenvalue weighted by molar-refractivity contribution is -0.139. The molecule has 0 aromatic heterocycles. The number of likely N-dealkylation sites (N-methyl/N-ethyl adjacent to an activating group) is 1. The normalized spacial score (nSPS) is 21.2. The summed E-state index contributed by atoms with van der Waals surface area (Å²) in [5, 5.41) is 2.85. The quantitative estimate of drug-likeness (QED) is 0.804. The molecular weight excluding hydrogens is 349 g/mol. The average molecular weight is 375 g/mol. The first-order valence-electron chi connectivity index (χ1n) is 9.43. The van der Waals surface area contributed by atoms with Crippen LogP contribution in [0.15, 0.2) is 35.5 Å². The number of nitrogens with zero attached hydrogens (tertiary/aromatic N) is 2. The van der Waals surface area contributed by atoms with Crippen LogP contribution in [-0.2, 0) is 9.53 Å². The van der Waals surface area contributed by atoms with Crippen molar-refractivity contribution in [3.05, 3.63) is 46.9 Å². The van der Waals surface area contributed by atoms with Gasteiger partial charge in [-0.05, 0) is 50.6 Å². The summed E-state index contributed by atoms with van der Waals surface area (Å²) in [6.45, 7) is 4.39. The van der Waals surface area contributed by atoms with Gasteiger partial charge in [-0.1, -0.05) is 18.6 Å². The van der Waals surface area contributed by atoms with Gasteiger partial charge >= 0.3 is 12.0 Å². The molecule has 0 bridgehead atoms. The molecule has 1 N–H and O–H groups in total. The van der Waals surface area contributed by atoms with Gasteiger partial charge in [-0.25, -0.2) is 14.0 Å². The van der Waals surface area contributed by atoms with Crippen LogP contribution in [0.2, 0.25) is 0 Å². The van der Waals surface area contributed by atoms with Crippen molar-refractivity contribution in [2.45, 2.75) is 32.2 Å². The first-order valence-corrected chi connectivity index (χ1v) is 9.43. The van der Waals surface area contributed by atoms with Crippen molar-refractivity contribution in [3.8, 4) is 0 Å². The van der Waals surface area contributed by atoms with Gasteiger partial charge in [-0.15, -0.1) is 0 Å². The minimum absolute atomic E-state index is 0.243. The number of piperidine rings is 1. The predicted molar refractivity (Wildman–Crippen MR) is 99.4 cm³/mol. The van der Waals surface area contributed by atoms with Gasteiger partial charge in [0.1, 0.15) is 5.82 Å². The van der Waals surface area contributed by atoms with Crippen LogP contribution in [0.1, 0.15) is 37.8 Å². The molecule has 7 heteroatoms. The van der Waals surface area contributed by atoms with Gasteiger partial charge in [-0.2, -0.15) is 0 Å². The Bertz CT molecular complexity index is 726. The minimum Gasteiger partial charge on any atom is -0.463 e. The molecule has 1 atom stereocenters. The molecule has 0 spiro atoms. The lowest BCUT2D eigenvalue weighted by Crippen LogP contribution is -2.49. The molecule has 1 aromatic carbocycles. The summed E-state index contributed by atoms with van der Waals surface area (Å²) in [5.74, 6) is -0.820. The van der Waals surface area contributed by atoms with Crippen molar-refractivity contribution in [1.29, 1.82) is 0 Å². The second-order valence-electron chi connectivity index (χ2n) is 6.91. The number of amides is 2. The number of carbonyl (C=O) groups is 2. The molecule has 27 heavy (non-hydrogen) atoms. The maximum atomic E-state index is 13.3. The van der Waals surface area contributed by atoms with E-state index in [0.29, 0.717) is 23.4 Å². The Hall–Kier alpha value is -2.41. The number of hydrogen-bond donors (Lipinski definition) is 1. The molecule has 6 nitrogen and oxygen atoms in total. The van der Waals surface area contributed by atoms with Crippen molar-refractivity contribution in [1.82, 2.24) is 15.1 Å². The summed E-state index contributed by atoms with van der Waals surface area (Å²) >= 11 is 0. The highest BCUT2D eigenvalue weighted by atomic mass is 19.1. The monoisotopic (exact) mass is 375 g/mol. The Morgan fingerprint density at radius 1 is 1.22 bits per heavy atom. The molecule has 146 valence electrons. The van der Waals surface area contributed by atoms with Crippen molar-refractivity contribution in [3.63, 3.8) is 0 Å². The van der Waals surface area contributed by atoms with Crippen LogP contribution in [-0.4, -0.2) is 55.1 Å². The van der Waals surface area contributed by atoms with E-state index < -0.39 is 12.0 Å². The molecule has 1 aromatic rings. The third kappa shape index (κ3) is 4.30. The van der Waals surface area contributed by atoms with E-state index in [4.69, 9.17) is 4.74 Å². The maximum absolute atomic E-state index is 13.3. The Morgan fingerprint density at radius 2 is 1.89 bits per heavy atom. The summed E-state index contributed by atoms with van der Waals surface area (Å²) < 4.78 is 18.6. The molecule has 2 aliphatic heterocycles. The number of hydrogen-bond acceptors (Lipinski definition) is 4. The van der Waals surface area contributed by atoms with Crippen LogP contribution in [0.4, 0.5) is 9.18 Å². The third-order valence-corrected chi connectivity index (χ3v) is 5.10. The summed E-state index contributed by atoms with van der Waals surface area (Å²) in [6.07, 6.45) is 3.42. The van der Waals surface area contributed by atoms with Crippen LogP contribution in [0, 0.1) is 5.82 Å². The van der Waals surface area contributed by atoms with Gasteiger partial charge in [-0.3, -0.25) is 9.80 Å². The Kier molecular flexibility index (Phi) is 6.11. The molecule has 2 heterocycles. The van der Waals surface area contributed by atoms with E-state index in [-0.39, 0.29) is 18.5 Å². The standard InChI is InChI=1S/C20H26FN3O3/c1-3-27-19(25)17-16(13-24-11-5-4-6-12-24)23(2)20(26)22-18(17)14-7-9-15(21)10-8-14/h7-10,18H,3-6,11-13H2,1-2H3,(H,22,26). The average Bonchev–Trinajstić information content (AvgIpc) is 2.67. The Morgan fingerprint density at radius 3 is 2.52 bits per heavy atom. The van der Waals surface area contributed by atoms with Crippen molar-refractivity contribution in [2.24, 2.45) is 0 Å². The number of benzene rings is 1. The molecule has 3 rings (SSSR count). The number of nitrogens with one attached hydrogen (secondary N) is 1. The third-order valence-electron chi connectivity index (χ3n) is 5.10. The highest BCUT2D eigenvalue weighted by Crippen LogP contribution is 2.31. The van der Waals surface area contributed by atoms with E-state index in [1.54, 1.807) is 26.1 Å². The van der Waals surface area contributed by atoms with E-state index in [2.05, 4.69) is 10.2 Å². The second-order valence-corrected chi connectivity index (χ2v) is 6.91. The SMILES string of the molecule is CCOC(=O)C1=C(CN2CCCCC2)N(C)C(=O)NC1c1ccc(F)cc1. The van der Waals surface area contributed by atoms with Crippen molar-refractivity contribution in [2.75, 3.05) is 33.3 Å². The smallest absolute Gasteiger partial charge is 0.338 e. The summed E-state index contributed by atoms with van der Waals surface area (Å²) in [6, 6.07) is 4.88. The number of halogens is 1. The molecule has 1 unspecified atom stereocenters. The van der Waals surface area contributed by atoms with Crippen LogP contribution < -0.4 is 5.32 Å². The molecule has 0 saturated carbocycles. The Labute approximate surface area is 159 Å². The predicted octanol–water partition coefficient (Wildman–Crippen LogP) is 2.82. The van der Waals surface area contributed by atoms with Crippen molar-refractivity contribution < 1.29 is 18.7 Å². The second kappa shape index (κ2) is 8.52. The van der Waals surface area contributed by atoms with Gasteiger partial charge < -0.3 is 10.1 Å². The van der Waals surface area contributed by atoms with Gasteiger partial charge in [0.05, 0.1) is 18.2 Å². The number of ether oxygens (including phenoxy) is 1. The van der Waals surface area contributed by atoms with E-state index in [0.717, 1.165) is 25.9 Å². The number of likely N-dealkylation sites (tertiary alicyclic amines) is 1. The zero-order chi connectivity index (χ0) is 19.4. The molecule has 1 fully saturated rings. The van der Waals surface area contributed by atoms with Crippen LogP contribution in [0.25, 0.3) is 0 Å². The number of carbonyl (C=O) groups excluding carboxylic acids is 2. The number of rotatable bonds is 5. The van der Waals surface area contributed by atoms with Crippen LogP contribution in [0.5, 0.6) is 0 Å². The van der Waals surface area contributed by atoms with E-state index in [1.807, 2.05) is 0 Å². The molecule has 1 saturated heterocycles. The largest absolute Gasteiger partial charge is 0.463 e. The summed E-state index contributed by atoms with van der Waals surface area (Å²) in [7, 11) is 1.66. The molecular formula is C20H26FN3O3. The lowest BCUT2D eigenvalue weighted by atomic mass is 9.94. The summed E-state index contributed by atoms with van der Waals surface area (Å²) in [4.78, 5) is 29.1. The van der Waals surface area contributed by atoms with Gasteiger partial charge in [0.15, 0.2) is 0 Å².